The van der Waals surface area contributed by atoms with Crippen molar-refractivity contribution < 1.29 is 14.3 Å². The lowest BCUT2D eigenvalue weighted by atomic mass is 10.3. The number of carbonyl (C=O) groups excluding carboxylic acids is 2. The van der Waals surface area contributed by atoms with E-state index in [0.717, 1.165) is 4.47 Å². The molecule has 0 aliphatic carbocycles. The number of ether oxygens (including phenoxy) is 1. The van der Waals surface area contributed by atoms with Crippen LogP contribution in [0.4, 0.5) is 0 Å². The van der Waals surface area contributed by atoms with Crippen molar-refractivity contribution in [3.8, 4) is 0 Å². The van der Waals surface area contributed by atoms with Crippen LogP contribution < -0.4 is 5.32 Å². The first-order chi connectivity index (χ1) is 8.04. The van der Waals surface area contributed by atoms with E-state index in [1.54, 1.807) is 12.1 Å². The number of nitrogens with zero attached hydrogens (tertiary/aromatic N) is 1. The Hall–Kier alpha value is -0.950. The molecule has 92 valence electrons. The number of nitrogens with one attached hydrogen (secondary N) is 1. The Balaban J connectivity index is 2.50. The SMILES string of the molecule is COC(=O)C(Br)CNC(=O)c1ccc(Br)cn1. The maximum absolute atomic E-state index is 11.6. The van der Waals surface area contributed by atoms with Gasteiger partial charge in [0, 0.05) is 17.2 Å². The molecular formula is C10H10Br2N2O3. The molecule has 1 atom stereocenters. The molecule has 17 heavy (non-hydrogen) atoms. The monoisotopic (exact) mass is 364 g/mol. The molecule has 1 amide bonds. The smallest absolute Gasteiger partial charge is 0.321 e. The van der Waals surface area contributed by atoms with Crippen molar-refractivity contribution in [3.63, 3.8) is 0 Å². The topological polar surface area (TPSA) is 68.3 Å². The summed E-state index contributed by atoms with van der Waals surface area (Å²) in [7, 11) is 1.29. The summed E-state index contributed by atoms with van der Waals surface area (Å²) in [6.07, 6.45) is 1.53. The molecule has 0 aliphatic heterocycles. The maximum Gasteiger partial charge on any atom is 0.321 e. The minimum Gasteiger partial charge on any atom is -0.468 e. The second-order valence-corrected chi connectivity index (χ2v) is 5.08. The van der Waals surface area contributed by atoms with Crippen LogP contribution in [0.2, 0.25) is 0 Å². The average Bonchev–Trinajstić information content (AvgIpc) is 2.35. The summed E-state index contributed by atoms with van der Waals surface area (Å²) >= 11 is 6.32. The molecule has 0 aromatic carbocycles. The number of pyridine rings is 1. The molecule has 1 heterocycles. The number of methoxy groups -OCH3 is 1. The number of alkyl halides is 1. The van der Waals surface area contributed by atoms with Gasteiger partial charge in [-0.05, 0) is 28.1 Å². The number of hydrogen-bond acceptors (Lipinski definition) is 4. The van der Waals surface area contributed by atoms with E-state index in [4.69, 9.17) is 0 Å². The van der Waals surface area contributed by atoms with E-state index in [0.29, 0.717) is 0 Å². The number of hydrogen-bond donors (Lipinski definition) is 1. The summed E-state index contributed by atoms with van der Waals surface area (Å²) in [6, 6.07) is 3.30. The highest BCUT2D eigenvalue weighted by molar-refractivity contribution is 9.10. The van der Waals surface area contributed by atoms with E-state index in [9.17, 15) is 9.59 Å². The van der Waals surface area contributed by atoms with Crippen LogP contribution in [0.3, 0.4) is 0 Å². The molecule has 1 aromatic rings. The highest BCUT2D eigenvalue weighted by Gasteiger charge is 2.16. The van der Waals surface area contributed by atoms with Gasteiger partial charge in [0.25, 0.3) is 5.91 Å². The van der Waals surface area contributed by atoms with Crippen LogP contribution in [0.15, 0.2) is 22.8 Å². The normalized spacial score (nSPS) is 11.7. The van der Waals surface area contributed by atoms with Crippen molar-refractivity contribution in [2.75, 3.05) is 13.7 Å². The summed E-state index contributed by atoms with van der Waals surface area (Å²) in [5, 5.41) is 2.57. The van der Waals surface area contributed by atoms with Crippen molar-refractivity contribution in [1.29, 1.82) is 0 Å². The van der Waals surface area contributed by atoms with Crippen LogP contribution >= 0.6 is 31.9 Å². The van der Waals surface area contributed by atoms with Gasteiger partial charge in [0.15, 0.2) is 0 Å². The summed E-state index contributed by atoms with van der Waals surface area (Å²) < 4.78 is 5.30. The Kier molecular flexibility index (Phi) is 5.57. The Bertz CT molecular complexity index is 409. The molecule has 0 saturated carbocycles. The lowest BCUT2D eigenvalue weighted by Gasteiger charge is -2.08. The maximum atomic E-state index is 11.6. The first kappa shape index (κ1) is 14.1. The highest BCUT2D eigenvalue weighted by Crippen LogP contribution is 2.07. The van der Waals surface area contributed by atoms with Crippen molar-refractivity contribution in [1.82, 2.24) is 10.3 Å². The van der Waals surface area contributed by atoms with Crippen molar-refractivity contribution >= 4 is 43.7 Å². The van der Waals surface area contributed by atoms with Crippen LogP contribution in [0.1, 0.15) is 10.5 Å². The quantitative estimate of drug-likeness (QED) is 0.648. The molecular weight excluding hydrogens is 356 g/mol. The zero-order valence-electron chi connectivity index (χ0n) is 8.94. The third-order valence-corrected chi connectivity index (χ3v) is 3.03. The van der Waals surface area contributed by atoms with E-state index in [-0.39, 0.29) is 18.1 Å². The summed E-state index contributed by atoms with van der Waals surface area (Å²) in [6.45, 7) is 0.142. The molecule has 0 fully saturated rings. The molecule has 7 heteroatoms. The van der Waals surface area contributed by atoms with Crippen molar-refractivity contribution in [2.45, 2.75) is 4.83 Å². The van der Waals surface area contributed by atoms with Crippen LogP contribution in [-0.2, 0) is 9.53 Å². The molecule has 1 rings (SSSR count). The van der Waals surface area contributed by atoms with Gasteiger partial charge in [0.05, 0.1) is 7.11 Å². The number of amides is 1. The van der Waals surface area contributed by atoms with Gasteiger partial charge < -0.3 is 10.1 Å². The number of rotatable bonds is 4. The van der Waals surface area contributed by atoms with Gasteiger partial charge in [-0.1, -0.05) is 15.9 Å². The number of halogens is 2. The standard InChI is InChI=1S/C10H10Br2N2O3/c1-17-10(16)7(12)5-14-9(15)8-3-2-6(11)4-13-8/h2-4,7H,5H2,1H3,(H,14,15). The first-order valence-electron chi connectivity index (χ1n) is 4.66. The second kappa shape index (κ2) is 6.70. The van der Waals surface area contributed by atoms with Gasteiger partial charge in [-0.25, -0.2) is 4.98 Å². The molecule has 5 nitrogen and oxygen atoms in total. The number of esters is 1. The van der Waals surface area contributed by atoms with Gasteiger partial charge in [-0.15, -0.1) is 0 Å². The Morgan fingerprint density at radius 3 is 2.76 bits per heavy atom. The molecule has 1 N–H and O–H groups in total. The zero-order valence-corrected chi connectivity index (χ0v) is 12.1. The molecule has 0 spiro atoms. The molecule has 0 saturated heterocycles. The molecule has 1 aromatic heterocycles. The van der Waals surface area contributed by atoms with Gasteiger partial charge >= 0.3 is 5.97 Å². The summed E-state index contributed by atoms with van der Waals surface area (Å²) in [4.78, 5) is 26.0. The second-order valence-electron chi connectivity index (χ2n) is 3.06. The summed E-state index contributed by atoms with van der Waals surface area (Å²) in [5.41, 5.74) is 0.290. The lowest BCUT2D eigenvalue weighted by molar-refractivity contribution is -0.139. The first-order valence-corrected chi connectivity index (χ1v) is 6.37. The Morgan fingerprint density at radius 2 is 2.24 bits per heavy atom. The number of carbonyl (C=O) groups is 2. The fourth-order valence-electron chi connectivity index (χ4n) is 0.994. The van der Waals surface area contributed by atoms with E-state index < -0.39 is 10.8 Å². The minimum absolute atomic E-state index is 0.142. The molecule has 0 bridgehead atoms. The fraction of sp³-hybridized carbons (Fsp3) is 0.300. The van der Waals surface area contributed by atoms with Crippen molar-refractivity contribution in [2.24, 2.45) is 0 Å². The van der Waals surface area contributed by atoms with Gasteiger partial charge in [-0.3, -0.25) is 9.59 Å². The fourth-order valence-corrected chi connectivity index (χ4v) is 1.58. The lowest BCUT2D eigenvalue weighted by Crippen LogP contribution is -2.34. The van der Waals surface area contributed by atoms with Crippen LogP contribution in [0.25, 0.3) is 0 Å². The van der Waals surface area contributed by atoms with Crippen LogP contribution in [0.5, 0.6) is 0 Å². The minimum atomic E-state index is -0.563. The predicted molar refractivity (Wildman–Crippen MR) is 69.0 cm³/mol. The molecule has 0 radical (unpaired) electrons. The zero-order chi connectivity index (χ0) is 12.8. The third-order valence-electron chi connectivity index (χ3n) is 1.86. The highest BCUT2D eigenvalue weighted by atomic mass is 79.9. The number of aromatic nitrogens is 1. The van der Waals surface area contributed by atoms with E-state index in [1.165, 1.54) is 13.3 Å². The van der Waals surface area contributed by atoms with E-state index in [1.807, 2.05) is 0 Å². The van der Waals surface area contributed by atoms with Crippen molar-refractivity contribution in [3.05, 3.63) is 28.5 Å². The average molecular weight is 366 g/mol. The van der Waals surface area contributed by atoms with Crippen LogP contribution in [0, 0.1) is 0 Å². The Labute approximate surface area is 115 Å². The summed E-state index contributed by atoms with van der Waals surface area (Å²) in [5.74, 6) is -0.778. The van der Waals surface area contributed by atoms with Crippen LogP contribution in [-0.4, -0.2) is 35.3 Å². The van der Waals surface area contributed by atoms with Gasteiger partial charge in [-0.2, -0.15) is 0 Å². The third kappa shape index (κ3) is 4.43. The van der Waals surface area contributed by atoms with Gasteiger partial charge in [0.1, 0.15) is 10.5 Å². The Morgan fingerprint density at radius 1 is 1.53 bits per heavy atom. The van der Waals surface area contributed by atoms with Gasteiger partial charge in [0.2, 0.25) is 0 Å². The molecule has 0 aliphatic rings. The van der Waals surface area contributed by atoms with E-state index in [2.05, 4.69) is 46.9 Å². The largest absolute Gasteiger partial charge is 0.468 e. The van der Waals surface area contributed by atoms with E-state index >= 15 is 0 Å². The predicted octanol–water partition coefficient (Wildman–Crippen LogP) is 1.51. The molecule has 1 unspecified atom stereocenters.